The van der Waals surface area contributed by atoms with Gasteiger partial charge in [0.15, 0.2) is 0 Å². The Hall–Kier alpha value is -2.94. The van der Waals surface area contributed by atoms with E-state index in [-0.39, 0.29) is 0 Å². The van der Waals surface area contributed by atoms with E-state index >= 15 is 0 Å². The zero-order valence-electron chi connectivity index (χ0n) is 17.4. The van der Waals surface area contributed by atoms with E-state index in [1.54, 1.807) is 0 Å². The largest absolute Gasteiger partial charge is 0.494 e. The average molecular weight is 390 g/mol. The lowest BCUT2D eigenvalue weighted by Gasteiger charge is -2.12. The summed E-state index contributed by atoms with van der Waals surface area (Å²) in [6.45, 7) is 6.51. The van der Waals surface area contributed by atoms with Crippen LogP contribution < -0.4 is 14.8 Å². The van der Waals surface area contributed by atoms with Gasteiger partial charge in [-0.25, -0.2) is 0 Å². The van der Waals surface area contributed by atoms with Gasteiger partial charge in [0.1, 0.15) is 11.5 Å². The topological polar surface area (TPSA) is 30.5 Å². The van der Waals surface area contributed by atoms with Gasteiger partial charge in [-0.1, -0.05) is 62.4 Å². The molecule has 29 heavy (non-hydrogen) atoms. The molecule has 0 atom stereocenters. The smallest absolute Gasteiger partial charge is 0.121 e. The molecular weight excluding hydrogens is 358 g/mol. The molecule has 1 N–H and O–H groups in total. The Morgan fingerprint density at radius 1 is 0.759 bits per heavy atom. The minimum atomic E-state index is 0.521. The highest BCUT2D eigenvalue weighted by atomic mass is 16.5. The monoisotopic (exact) mass is 389 g/mol. The van der Waals surface area contributed by atoms with Gasteiger partial charge >= 0.3 is 0 Å². The van der Waals surface area contributed by atoms with Crippen LogP contribution in [0, 0.1) is 5.92 Å². The predicted molar refractivity (Wildman–Crippen MR) is 121 cm³/mol. The maximum absolute atomic E-state index is 5.93. The summed E-state index contributed by atoms with van der Waals surface area (Å²) in [5.74, 6) is 2.35. The lowest BCUT2D eigenvalue weighted by Crippen LogP contribution is -2.05. The van der Waals surface area contributed by atoms with Crippen molar-refractivity contribution < 1.29 is 9.47 Å². The number of aryl methyl sites for hydroxylation is 1. The third-order valence-corrected chi connectivity index (χ3v) is 4.53. The molecule has 3 rings (SSSR count). The quantitative estimate of drug-likeness (QED) is 0.388. The molecule has 3 aromatic carbocycles. The summed E-state index contributed by atoms with van der Waals surface area (Å²) in [5.41, 5.74) is 3.60. The molecule has 0 aliphatic rings. The molecule has 0 aliphatic heterocycles. The van der Waals surface area contributed by atoms with E-state index in [2.05, 4.69) is 67.7 Å². The minimum Gasteiger partial charge on any atom is -0.494 e. The van der Waals surface area contributed by atoms with Crippen molar-refractivity contribution in [2.24, 2.45) is 5.92 Å². The number of benzene rings is 3. The zero-order valence-corrected chi connectivity index (χ0v) is 17.4. The van der Waals surface area contributed by atoms with Crippen molar-refractivity contribution in [1.82, 2.24) is 0 Å². The molecule has 0 amide bonds. The summed E-state index contributed by atoms with van der Waals surface area (Å²) in [6, 6.07) is 26.9. The molecule has 0 saturated heterocycles. The predicted octanol–water partition coefficient (Wildman–Crippen LogP) is 6.35. The summed E-state index contributed by atoms with van der Waals surface area (Å²) in [4.78, 5) is 0. The molecule has 0 aliphatic carbocycles. The van der Waals surface area contributed by atoms with E-state index in [4.69, 9.17) is 9.47 Å². The van der Waals surface area contributed by atoms with E-state index in [1.165, 1.54) is 11.1 Å². The first-order valence-corrected chi connectivity index (χ1v) is 10.4. The Kier molecular flexibility index (Phi) is 8.00. The Bertz CT molecular complexity index is 861. The van der Waals surface area contributed by atoms with Crippen LogP contribution in [0.25, 0.3) is 0 Å². The number of hydrogen-bond donors (Lipinski definition) is 1. The number of anilines is 1. The fourth-order valence-corrected chi connectivity index (χ4v) is 3.02. The van der Waals surface area contributed by atoms with Gasteiger partial charge in [-0.15, -0.1) is 0 Å². The van der Waals surface area contributed by atoms with Crippen molar-refractivity contribution in [2.45, 2.75) is 33.2 Å². The zero-order chi connectivity index (χ0) is 20.3. The van der Waals surface area contributed by atoms with Gasteiger partial charge in [-0.3, -0.25) is 0 Å². The van der Waals surface area contributed by atoms with E-state index in [0.29, 0.717) is 12.5 Å². The summed E-state index contributed by atoms with van der Waals surface area (Å²) in [7, 11) is 0. The van der Waals surface area contributed by atoms with Gasteiger partial charge in [0, 0.05) is 18.3 Å². The van der Waals surface area contributed by atoms with Crippen molar-refractivity contribution >= 4 is 5.69 Å². The van der Waals surface area contributed by atoms with E-state index in [0.717, 1.165) is 43.2 Å². The number of ether oxygens (including phenoxy) is 2. The highest BCUT2D eigenvalue weighted by molar-refractivity contribution is 5.48. The normalized spacial score (nSPS) is 10.7. The number of nitrogens with one attached hydrogen (secondary N) is 1. The van der Waals surface area contributed by atoms with Gasteiger partial charge < -0.3 is 14.8 Å². The molecule has 0 spiro atoms. The molecule has 0 fully saturated rings. The first-order chi connectivity index (χ1) is 14.2. The van der Waals surface area contributed by atoms with Crippen molar-refractivity contribution in [3.63, 3.8) is 0 Å². The van der Waals surface area contributed by atoms with Crippen molar-refractivity contribution in [2.75, 3.05) is 18.5 Å². The van der Waals surface area contributed by atoms with Gasteiger partial charge in [0.2, 0.25) is 0 Å². The maximum Gasteiger partial charge on any atom is 0.121 e. The van der Waals surface area contributed by atoms with Crippen LogP contribution in [-0.2, 0) is 13.0 Å². The average Bonchev–Trinajstić information content (AvgIpc) is 2.75. The molecule has 3 aromatic rings. The van der Waals surface area contributed by atoms with Crippen LogP contribution in [0.1, 0.15) is 31.4 Å². The summed E-state index contributed by atoms with van der Waals surface area (Å²) in [5, 5.41) is 3.47. The third kappa shape index (κ3) is 7.53. The van der Waals surface area contributed by atoms with Gasteiger partial charge in [-0.2, -0.15) is 0 Å². The third-order valence-electron chi connectivity index (χ3n) is 4.53. The van der Waals surface area contributed by atoms with Crippen LogP contribution in [0.2, 0.25) is 0 Å². The van der Waals surface area contributed by atoms with E-state index in [9.17, 15) is 0 Å². The molecule has 0 radical (unpaired) electrons. The van der Waals surface area contributed by atoms with Crippen molar-refractivity contribution in [3.05, 3.63) is 90.0 Å². The SMILES string of the molecule is CC(C)COc1cccc(CNc2cccc(OCCCc3ccccc3)c2)c1. The lowest BCUT2D eigenvalue weighted by atomic mass is 10.1. The summed E-state index contributed by atoms with van der Waals surface area (Å²) in [6.07, 6.45) is 2.04. The second-order valence-corrected chi connectivity index (χ2v) is 7.67. The first kappa shape index (κ1) is 20.8. The number of rotatable bonds is 11. The van der Waals surface area contributed by atoms with Crippen LogP contribution in [0.15, 0.2) is 78.9 Å². The van der Waals surface area contributed by atoms with Crippen LogP contribution in [0.3, 0.4) is 0 Å². The molecule has 0 unspecified atom stereocenters. The van der Waals surface area contributed by atoms with E-state index < -0.39 is 0 Å². The van der Waals surface area contributed by atoms with Crippen molar-refractivity contribution in [3.8, 4) is 11.5 Å². The Labute approximate surface area is 174 Å². The second-order valence-electron chi connectivity index (χ2n) is 7.67. The van der Waals surface area contributed by atoms with Gasteiger partial charge in [0.25, 0.3) is 0 Å². The molecule has 3 nitrogen and oxygen atoms in total. The van der Waals surface area contributed by atoms with Crippen LogP contribution >= 0.6 is 0 Å². The van der Waals surface area contributed by atoms with Crippen LogP contribution in [-0.4, -0.2) is 13.2 Å². The molecule has 0 bridgehead atoms. The minimum absolute atomic E-state index is 0.521. The van der Waals surface area contributed by atoms with E-state index in [1.807, 2.05) is 30.3 Å². The lowest BCUT2D eigenvalue weighted by molar-refractivity contribution is 0.271. The number of hydrogen-bond acceptors (Lipinski definition) is 3. The fourth-order valence-electron chi connectivity index (χ4n) is 3.02. The molecule has 3 heteroatoms. The Balaban J connectivity index is 1.45. The second kappa shape index (κ2) is 11.2. The Morgan fingerprint density at radius 3 is 2.28 bits per heavy atom. The maximum atomic E-state index is 5.93. The van der Waals surface area contributed by atoms with Gasteiger partial charge in [-0.05, 0) is 54.2 Å². The van der Waals surface area contributed by atoms with Gasteiger partial charge in [0.05, 0.1) is 13.2 Å². The van der Waals surface area contributed by atoms with Crippen LogP contribution in [0.4, 0.5) is 5.69 Å². The Morgan fingerprint density at radius 2 is 1.48 bits per heavy atom. The molecular formula is C26H31NO2. The summed E-state index contributed by atoms with van der Waals surface area (Å²) < 4.78 is 11.8. The highest BCUT2D eigenvalue weighted by Gasteiger charge is 2.01. The highest BCUT2D eigenvalue weighted by Crippen LogP contribution is 2.20. The molecule has 0 aromatic heterocycles. The summed E-state index contributed by atoms with van der Waals surface area (Å²) >= 11 is 0. The standard InChI is InChI=1S/C26H31NO2/c1-21(2)20-29-25-14-6-11-23(17-25)19-27-24-13-7-15-26(18-24)28-16-8-12-22-9-4-3-5-10-22/h3-7,9-11,13-15,17-18,21,27H,8,12,16,19-20H2,1-2H3. The molecule has 0 heterocycles. The first-order valence-electron chi connectivity index (χ1n) is 10.4. The molecule has 152 valence electrons. The van der Waals surface area contributed by atoms with Crippen molar-refractivity contribution in [1.29, 1.82) is 0 Å². The molecule has 0 saturated carbocycles. The van der Waals surface area contributed by atoms with Crippen LogP contribution in [0.5, 0.6) is 11.5 Å². The fraction of sp³-hybridized carbons (Fsp3) is 0.308.